The van der Waals surface area contributed by atoms with E-state index in [-0.39, 0.29) is 51.1 Å². The van der Waals surface area contributed by atoms with Crippen LogP contribution in [0, 0.1) is 5.92 Å². The highest BCUT2D eigenvalue weighted by molar-refractivity contribution is 5.97. The molecule has 2 aliphatic heterocycles. The van der Waals surface area contributed by atoms with Gasteiger partial charge in [0.1, 0.15) is 36.3 Å². The average Bonchev–Trinajstić information content (AvgIpc) is 3.89. The van der Waals surface area contributed by atoms with E-state index in [0.717, 1.165) is 5.56 Å². The van der Waals surface area contributed by atoms with E-state index in [1.165, 1.54) is 16.7 Å². The zero-order valence-corrected chi connectivity index (χ0v) is 33.1. The number of nitrogens with zero attached hydrogens (tertiary/aromatic N) is 2. The minimum atomic E-state index is -1.47. The molecule has 0 unspecified atom stereocenters. The summed E-state index contributed by atoms with van der Waals surface area (Å²) in [7, 11) is 0. The summed E-state index contributed by atoms with van der Waals surface area (Å²) in [5.41, 5.74) is 7.72. The van der Waals surface area contributed by atoms with Crippen molar-refractivity contribution in [1.82, 2.24) is 31.1 Å². The molecule has 4 rings (SSSR count). The van der Waals surface area contributed by atoms with Crippen LogP contribution in [0.4, 0.5) is 0 Å². The molecule has 7 atom stereocenters. The third kappa shape index (κ3) is 12.3. The van der Waals surface area contributed by atoms with Crippen LogP contribution >= 0.6 is 0 Å². The number of carboxylic acids is 2. The molecule has 0 aromatic heterocycles. The van der Waals surface area contributed by atoms with E-state index in [0.29, 0.717) is 18.4 Å². The van der Waals surface area contributed by atoms with Crippen LogP contribution in [0.25, 0.3) is 0 Å². The number of amides is 6. The summed E-state index contributed by atoms with van der Waals surface area (Å²) in [5, 5.41) is 29.2. The van der Waals surface area contributed by atoms with Crippen molar-refractivity contribution in [2.45, 2.75) is 114 Å². The first-order valence-electron chi connectivity index (χ1n) is 19.7. The lowest BCUT2D eigenvalue weighted by Gasteiger charge is -2.32. The number of carbonyl (C=O) groups is 8. The first-order valence-corrected chi connectivity index (χ1v) is 19.7. The topological polar surface area (TPSA) is 258 Å². The van der Waals surface area contributed by atoms with Crippen molar-refractivity contribution >= 4 is 47.4 Å². The number of hydrogen-bond donors (Lipinski definition) is 7. The quantitative estimate of drug-likeness (QED) is 0.102. The van der Waals surface area contributed by atoms with E-state index in [2.05, 4.69) is 21.3 Å². The van der Waals surface area contributed by atoms with Gasteiger partial charge >= 0.3 is 11.9 Å². The van der Waals surface area contributed by atoms with Gasteiger partial charge in [-0.2, -0.15) is 0 Å². The third-order valence-electron chi connectivity index (χ3n) is 10.4. The monoisotopic (exact) mass is 805 g/mol. The molecule has 58 heavy (non-hydrogen) atoms. The molecular weight excluding hydrogens is 750 g/mol. The van der Waals surface area contributed by atoms with E-state index in [1.807, 2.05) is 30.3 Å². The number of benzene rings is 2. The van der Waals surface area contributed by atoms with E-state index >= 15 is 0 Å². The minimum Gasteiger partial charge on any atom is -0.481 e. The van der Waals surface area contributed by atoms with Crippen molar-refractivity contribution in [2.75, 3.05) is 13.1 Å². The van der Waals surface area contributed by atoms with E-state index in [4.69, 9.17) is 10.8 Å². The predicted octanol–water partition coefficient (Wildman–Crippen LogP) is 0.346. The van der Waals surface area contributed by atoms with Gasteiger partial charge in [0.25, 0.3) is 0 Å². The maximum absolute atomic E-state index is 14.2. The van der Waals surface area contributed by atoms with Crippen LogP contribution in [0.15, 0.2) is 60.7 Å². The normalized spacial score (nSPS) is 19.0. The van der Waals surface area contributed by atoms with Crippen molar-refractivity contribution in [3.8, 4) is 0 Å². The number of nitrogens with two attached hydrogens (primary N) is 1. The minimum absolute atomic E-state index is 0.0526. The van der Waals surface area contributed by atoms with Crippen LogP contribution in [0.5, 0.6) is 0 Å². The predicted molar refractivity (Wildman–Crippen MR) is 210 cm³/mol. The Balaban J connectivity index is 1.43. The van der Waals surface area contributed by atoms with E-state index < -0.39 is 96.1 Å². The van der Waals surface area contributed by atoms with Gasteiger partial charge in [0.2, 0.25) is 35.4 Å². The molecule has 2 aliphatic rings. The molecule has 0 aliphatic carbocycles. The summed E-state index contributed by atoms with van der Waals surface area (Å²) in [6.07, 6.45) is 0.913. The van der Waals surface area contributed by atoms with Gasteiger partial charge in [-0.1, -0.05) is 74.5 Å². The summed E-state index contributed by atoms with van der Waals surface area (Å²) >= 11 is 0. The second kappa shape index (κ2) is 21.1. The first-order chi connectivity index (χ1) is 27.6. The number of aliphatic carboxylic acids is 2. The Morgan fingerprint density at radius 1 is 0.672 bits per heavy atom. The smallest absolute Gasteiger partial charge is 0.326 e. The van der Waals surface area contributed by atoms with Crippen LogP contribution in [0.2, 0.25) is 0 Å². The van der Waals surface area contributed by atoms with Crippen LogP contribution in [-0.4, -0.2) is 123 Å². The number of nitrogens with one attached hydrogen (secondary N) is 4. The molecular formula is C41H55N7O10. The second-order valence-electron chi connectivity index (χ2n) is 15.2. The molecule has 8 N–H and O–H groups in total. The van der Waals surface area contributed by atoms with Gasteiger partial charge in [-0.15, -0.1) is 0 Å². The first kappa shape index (κ1) is 44.9. The molecule has 2 aromatic rings. The number of rotatable bonds is 19. The highest BCUT2D eigenvalue weighted by Crippen LogP contribution is 2.23. The van der Waals surface area contributed by atoms with Gasteiger partial charge in [-0.3, -0.25) is 33.6 Å². The molecule has 0 spiro atoms. The fourth-order valence-electron chi connectivity index (χ4n) is 7.29. The molecule has 17 nitrogen and oxygen atoms in total. The Morgan fingerprint density at radius 3 is 1.67 bits per heavy atom. The van der Waals surface area contributed by atoms with Crippen molar-refractivity contribution < 1.29 is 48.6 Å². The van der Waals surface area contributed by atoms with Gasteiger partial charge in [-0.25, -0.2) is 4.79 Å². The van der Waals surface area contributed by atoms with Gasteiger partial charge in [0, 0.05) is 25.9 Å². The summed E-state index contributed by atoms with van der Waals surface area (Å²) in [6.45, 7) is 5.37. The third-order valence-corrected chi connectivity index (χ3v) is 10.4. The zero-order chi connectivity index (χ0) is 42.5. The van der Waals surface area contributed by atoms with E-state index in [9.17, 15) is 43.5 Å². The van der Waals surface area contributed by atoms with Crippen LogP contribution in [-0.2, 0) is 51.2 Å². The van der Waals surface area contributed by atoms with Gasteiger partial charge in [-0.05, 0) is 62.5 Å². The molecule has 2 aromatic carbocycles. The Morgan fingerprint density at radius 2 is 1.17 bits per heavy atom. The summed E-state index contributed by atoms with van der Waals surface area (Å²) in [5.74, 6) is -6.54. The Bertz CT molecular complexity index is 1790. The Kier molecular flexibility index (Phi) is 16.3. The highest BCUT2D eigenvalue weighted by Gasteiger charge is 2.42. The average molecular weight is 806 g/mol. The number of hydrogen-bond acceptors (Lipinski definition) is 9. The number of likely N-dealkylation sites (tertiary alicyclic amines) is 2. The SMILES string of the molecule is CC(C)[C@H](NC(=O)[C@@H](N)Cc1ccccc1)C(=O)N[C@@H](C)C(=O)N1CCC[C@H]1C(=O)N[C@@H](Cc1ccccc1)C(=O)N1CCC[C@H]1C(=O)N[C@@H](CCC(=O)O)C(=O)O. The van der Waals surface area contributed by atoms with Crippen molar-refractivity contribution in [3.63, 3.8) is 0 Å². The molecule has 0 radical (unpaired) electrons. The maximum atomic E-state index is 14.2. The van der Waals surface area contributed by atoms with Crippen LogP contribution in [0.3, 0.4) is 0 Å². The second-order valence-corrected chi connectivity index (χ2v) is 15.2. The number of carboxylic acid groups (broad SMARTS) is 2. The fourth-order valence-corrected chi connectivity index (χ4v) is 7.29. The highest BCUT2D eigenvalue weighted by atomic mass is 16.4. The molecule has 2 heterocycles. The molecule has 2 saturated heterocycles. The van der Waals surface area contributed by atoms with Gasteiger partial charge in [0.15, 0.2) is 0 Å². The Labute approximate surface area is 337 Å². The standard InChI is InChI=1S/C41H55N7O10/c1-24(2)34(46-35(51)28(42)22-26-12-6-4-7-13-26)38(54)43-25(3)39(55)47-20-10-16-31(47)37(53)45-30(23-27-14-8-5-9-15-27)40(56)48-21-11-17-32(48)36(52)44-29(41(57)58)18-19-33(49)50/h4-9,12-15,24-25,28-32,34H,10-11,16-23,42H2,1-3H3,(H,43,54)(H,44,52)(H,45,53)(H,46,51)(H,49,50)(H,57,58)/t25-,28-,29-,30-,31-,32-,34-/m0/s1. The number of carbonyl (C=O) groups excluding carboxylic acids is 6. The summed E-state index contributed by atoms with van der Waals surface area (Å²) in [4.78, 5) is 107. The van der Waals surface area contributed by atoms with Crippen molar-refractivity contribution in [1.29, 1.82) is 0 Å². The maximum Gasteiger partial charge on any atom is 0.326 e. The molecule has 17 heteroatoms. The Hall–Kier alpha value is -5.84. The van der Waals surface area contributed by atoms with Crippen LogP contribution < -0.4 is 27.0 Å². The largest absolute Gasteiger partial charge is 0.481 e. The van der Waals surface area contributed by atoms with Crippen LogP contribution in [0.1, 0.15) is 70.4 Å². The zero-order valence-electron chi connectivity index (χ0n) is 33.1. The lowest BCUT2D eigenvalue weighted by molar-refractivity contribution is -0.146. The molecule has 0 bridgehead atoms. The summed E-state index contributed by atoms with van der Waals surface area (Å²) < 4.78 is 0. The molecule has 314 valence electrons. The summed E-state index contributed by atoms with van der Waals surface area (Å²) in [6, 6.07) is 10.5. The van der Waals surface area contributed by atoms with Crippen molar-refractivity contribution in [2.24, 2.45) is 11.7 Å². The molecule has 6 amide bonds. The lowest BCUT2D eigenvalue weighted by atomic mass is 10.0. The fraction of sp³-hybridized carbons (Fsp3) is 0.512. The van der Waals surface area contributed by atoms with Gasteiger partial charge < -0.3 is 47.0 Å². The lowest BCUT2D eigenvalue weighted by Crippen LogP contribution is -2.59. The van der Waals surface area contributed by atoms with E-state index in [1.54, 1.807) is 44.2 Å². The van der Waals surface area contributed by atoms with Crippen molar-refractivity contribution in [3.05, 3.63) is 71.8 Å². The molecule has 2 fully saturated rings. The van der Waals surface area contributed by atoms with Gasteiger partial charge in [0.05, 0.1) is 6.04 Å². The molecule has 0 saturated carbocycles.